The summed E-state index contributed by atoms with van der Waals surface area (Å²) in [6.07, 6.45) is 1.68. The zero-order valence-electron chi connectivity index (χ0n) is 22.3. The van der Waals surface area contributed by atoms with Crippen molar-refractivity contribution in [2.24, 2.45) is 5.10 Å². The first kappa shape index (κ1) is 25.6. The number of fused-ring (bicyclic) bond motifs is 3. The maximum atomic E-state index is 12.7. The minimum atomic E-state index is -0.218. The lowest BCUT2D eigenvalue weighted by atomic mass is 10.1. The van der Waals surface area contributed by atoms with Gasteiger partial charge in [0.1, 0.15) is 0 Å². The van der Waals surface area contributed by atoms with Gasteiger partial charge < -0.3 is 4.57 Å². The van der Waals surface area contributed by atoms with Crippen LogP contribution in [0.15, 0.2) is 107 Å². The highest BCUT2D eigenvalue weighted by atomic mass is 32.2. The number of para-hydroxylation sites is 2. The van der Waals surface area contributed by atoms with Crippen molar-refractivity contribution in [3.63, 3.8) is 0 Å². The Morgan fingerprint density at radius 3 is 2.45 bits per heavy atom. The predicted molar refractivity (Wildman–Crippen MR) is 163 cm³/mol. The molecule has 8 heteroatoms. The Labute approximate surface area is 236 Å². The fourth-order valence-electron chi connectivity index (χ4n) is 4.90. The van der Waals surface area contributed by atoms with Crippen LogP contribution in [-0.2, 0) is 11.3 Å². The van der Waals surface area contributed by atoms with Crippen LogP contribution in [-0.4, -0.2) is 37.2 Å². The van der Waals surface area contributed by atoms with Crippen molar-refractivity contribution in [2.45, 2.75) is 25.5 Å². The van der Waals surface area contributed by atoms with Crippen LogP contribution in [0.5, 0.6) is 0 Å². The van der Waals surface area contributed by atoms with Gasteiger partial charge in [0.2, 0.25) is 0 Å². The number of hydrogen-bond acceptors (Lipinski definition) is 5. The topological polar surface area (TPSA) is 77.1 Å². The van der Waals surface area contributed by atoms with E-state index in [1.54, 1.807) is 6.21 Å². The molecule has 0 fully saturated rings. The van der Waals surface area contributed by atoms with Gasteiger partial charge in [0.05, 0.1) is 12.0 Å². The van der Waals surface area contributed by atoms with Crippen molar-refractivity contribution in [3.8, 4) is 17.1 Å². The van der Waals surface area contributed by atoms with Gasteiger partial charge in [-0.25, -0.2) is 5.43 Å². The molecule has 0 saturated heterocycles. The molecular weight excluding hydrogens is 516 g/mol. The number of nitrogens with zero attached hydrogens (tertiary/aromatic N) is 5. The summed E-state index contributed by atoms with van der Waals surface area (Å²) in [6, 6.07) is 32.8. The molecule has 0 radical (unpaired) electrons. The number of aromatic nitrogens is 4. The second-order valence-electron chi connectivity index (χ2n) is 9.46. The normalized spacial score (nSPS) is 11.6. The van der Waals surface area contributed by atoms with Crippen molar-refractivity contribution in [2.75, 3.05) is 5.75 Å². The quantitative estimate of drug-likeness (QED) is 0.133. The van der Waals surface area contributed by atoms with Crippen LogP contribution < -0.4 is 5.43 Å². The first-order valence-electron chi connectivity index (χ1n) is 13.2. The van der Waals surface area contributed by atoms with Crippen molar-refractivity contribution in [1.29, 1.82) is 0 Å². The largest absolute Gasteiger partial charge is 0.341 e. The van der Waals surface area contributed by atoms with Gasteiger partial charge in [-0.05, 0) is 49.7 Å². The second-order valence-corrected chi connectivity index (χ2v) is 10.4. The van der Waals surface area contributed by atoms with Gasteiger partial charge in [-0.3, -0.25) is 9.36 Å². The van der Waals surface area contributed by atoms with E-state index >= 15 is 0 Å². The van der Waals surface area contributed by atoms with E-state index in [0.29, 0.717) is 5.16 Å². The second kappa shape index (κ2) is 11.2. The SMILES string of the molecule is CCn1c2ccccc2c2cc(/C=N/NC(=O)CSc3nnc(-c4ccc(C)cc4)n3-c3ccccc3)ccc21. The summed E-state index contributed by atoms with van der Waals surface area (Å²) in [4.78, 5) is 12.7. The third-order valence-electron chi connectivity index (χ3n) is 6.81. The van der Waals surface area contributed by atoms with Crippen LogP contribution >= 0.6 is 11.8 Å². The Morgan fingerprint density at radius 2 is 1.65 bits per heavy atom. The number of rotatable bonds is 8. The van der Waals surface area contributed by atoms with E-state index in [2.05, 4.69) is 87.7 Å². The highest BCUT2D eigenvalue weighted by molar-refractivity contribution is 7.99. The highest BCUT2D eigenvalue weighted by Crippen LogP contribution is 2.30. The van der Waals surface area contributed by atoms with Crippen molar-refractivity contribution < 1.29 is 4.79 Å². The first-order chi connectivity index (χ1) is 19.6. The molecule has 0 aliphatic heterocycles. The van der Waals surface area contributed by atoms with Crippen LogP contribution in [0.4, 0.5) is 0 Å². The average Bonchev–Trinajstić information content (AvgIpc) is 3.56. The van der Waals surface area contributed by atoms with E-state index in [4.69, 9.17) is 0 Å². The van der Waals surface area contributed by atoms with Crippen molar-refractivity contribution in [3.05, 3.63) is 108 Å². The first-order valence-corrected chi connectivity index (χ1v) is 14.1. The van der Waals surface area contributed by atoms with Gasteiger partial charge in [-0.2, -0.15) is 5.10 Å². The molecule has 0 aliphatic carbocycles. The van der Waals surface area contributed by atoms with Gasteiger partial charge in [0.15, 0.2) is 11.0 Å². The number of hydrazone groups is 1. The zero-order chi connectivity index (χ0) is 27.5. The molecule has 0 unspecified atom stereocenters. The lowest BCUT2D eigenvalue weighted by Crippen LogP contribution is -2.20. The van der Waals surface area contributed by atoms with Crippen molar-refractivity contribution in [1.82, 2.24) is 24.8 Å². The number of thioether (sulfide) groups is 1. The zero-order valence-corrected chi connectivity index (χ0v) is 23.1. The molecule has 1 N–H and O–H groups in total. The minimum Gasteiger partial charge on any atom is -0.341 e. The molecule has 7 nitrogen and oxygen atoms in total. The molecule has 40 heavy (non-hydrogen) atoms. The lowest BCUT2D eigenvalue weighted by molar-refractivity contribution is -0.118. The molecular formula is C32H28N6OS. The van der Waals surface area contributed by atoms with Gasteiger partial charge in [-0.1, -0.05) is 84.1 Å². The van der Waals surface area contributed by atoms with Gasteiger partial charge in [0, 0.05) is 39.6 Å². The number of carbonyl (C=O) groups is 1. The number of carbonyl (C=O) groups excluding carboxylic acids is 1. The molecule has 1 amide bonds. The fraction of sp³-hybridized carbons (Fsp3) is 0.125. The molecule has 6 rings (SSSR count). The summed E-state index contributed by atoms with van der Waals surface area (Å²) in [5.41, 5.74) is 9.05. The average molecular weight is 545 g/mol. The van der Waals surface area contributed by atoms with Crippen molar-refractivity contribution >= 4 is 45.7 Å². The third-order valence-corrected chi connectivity index (χ3v) is 7.73. The Bertz CT molecular complexity index is 1840. The van der Waals surface area contributed by atoms with E-state index in [1.165, 1.54) is 39.1 Å². The summed E-state index contributed by atoms with van der Waals surface area (Å²) in [7, 11) is 0. The van der Waals surface area contributed by atoms with Crippen LogP contribution in [0.25, 0.3) is 38.9 Å². The molecule has 2 aromatic heterocycles. The predicted octanol–water partition coefficient (Wildman–Crippen LogP) is 6.61. The van der Waals surface area contributed by atoms with E-state index < -0.39 is 0 Å². The van der Waals surface area contributed by atoms with Crippen LogP contribution in [0.3, 0.4) is 0 Å². The highest BCUT2D eigenvalue weighted by Gasteiger charge is 2.17. The number of nitrogens with one attached hydrogen (secondary N) is 1. The molecule has 0 aliphatic rings. The summed E-state index contributed by atoms with van der Waals surface area (Å²) in [5, 5.41) is 16.1. The molecule has 4 aromatic carbocycles. The van der Waals surface area contributed by atoms with E-state index in [1.807, 2.05) is 53.1 Å². The Balaban J connectivity index is 1.17. The van der Waals surface area contributed by atoms with Gasteiger partial charge >= 0.3 is 0 Å². The number of amides is 1. The van der Waals surface area contributed by atoms with E-state index in [-0.39, 0.29) is 11.7 Å². The van der Waals surface area contributed by atoms with Gasteiger partial charge in [-0.15, -0.1) is 10.2 Å². The Hall–Kier alpha value is -4.69. The lowest BCUT2D eigenvalue weighted by Gasteiger charge is -2.10. The summed E-state index contributed by atoms with van der Waals surface area (Å²) < 4.78 is 4.29. The minimum absolute atomic E-state index is 0.152. The molecule has 2 heterocycles. The molecule has 0 atom stereocenters. The Morgan fingerprint density at radius 1 is 0.900 bits per heavy atom. The monoisotopic (exact) mass is 544 g/mol. The molecule has 0 bridgehead atoms. The van der Waals surface area contributed by atoms with E-state index in [0.717, 1.165) is 29.2 Å². The maximum absolute atomic E-state index is 12.7. The van der Waals surface area contributed by atoms with Crippen LogP contribution in [0.2, 0.25) is 0 Å². The number of aryl methyl sites for hydroxylation is 2. The molecule has 198 valence electrons. The smallest absolute Gasteiger partial charge is 0.250 e. The maximum Gasteiger partial charge on any atom is 0.250 e. The number of benzene rings is 4. The van der Waals surface area contributed by atoms with Gasteiger partial charge in [0.25, 0.3) is 5.91 Å². The van der Waals surface area contributed by atoms with Crippen LogP contribution in [0.1, 0.15) is 18.1 Å². The summed E-state index contributed by atoms with van der Waals surface area (Å²) in [6.45, 7) is 5.10. The molecule has 0 saturated carbocycles. The molecule has 0 spiro atoms. The molecule has 6 aromatic rings. The summed E-state index contributed by atoms with van der Waals surface area (Å²) in [5.74, 6) is 0.663. The summed E-state index contributed by atoms with van der Waals surface area (Å²) >= 11 is 1.32. The third kappa shape index (κ3) is 5.01. The standard InChI is InChI=1S/C32H28N6OS/c1-3-37-28-12-8-7-11-26(28)27-19-23(15-18-29(27)37)20-33-34-30(39)21-40-32-36-35-31(24-16-13-22(2)14-17-24)38(32)25-9-5-4-6-10-25/h4-20H,3,21H2,1-2H3,(H,34,39)/b33-20+. The fourth-order valence-corrected chi connectivity index (χ4v) is 5.64. The number of hydrogen-bond donors (Lipinski definition) is 1. The Kier molecular flexibility index (Phi) is 7.16. The van der Waals surface area contributed by atoms with E-state index in [9.17, 15) is 4.79 Å². The van der Waals surface area contributed by atoms with Crippen LogP contribution in [0, 0.1) is 6.92 Å².